The first kappa shape index (κ1) is 21.0. The number of nitrogens with one attached hydrogen (secondary N) is 1. The maximum Gasteiger partial charge on any atom is 0.306 e. The van der Waals surface area contributed by atoms with Gasteiger partial charge in [-0.25, -0.2) is 0 Å². The van der Waals surface area contributed by atoms with Crippen LogP contribution in [0.2, 0.25) is 0 Å². The Labute approximate surface area is 148 Å². The zero-order valence-electron chi connectivity index (χ0n) is 15.0. The number of allylic oxidation sites excluding steroid dienone is 3. The van der Waals surface area contributed by atoms with Crippen molar-refractivity contribution in [2.45, 2.75) is 52.4 Å². The minimum atomic E-state index is -0.415. The summed E-state index contributed by atoms with van der Waals surface area (Å²) in [5.74, 6) is -1.20. The van der Waals surface area contributed by atoms with Crippen molar-refractivity contribution >= 4 is 23.2 Å². The maximum atomic E-state index is 12.6. The fraction of sp³-hybridized carbons (Fsp3) is 0.579. The molecule has 2 N–H and O–H groups in total. The van der Waals surface area contributed by atoms with E-state index in [0.29, 0.717) is 37.9 Å². The molecule has 6 nitrogen and oxygen atoms in total. The zero-order chi connectivity index (χ0) is 18.8. The van der Waals surface area contributed by atoms with E-state index in [-0.39, 0.29) is 41.2 Å². The summed E-state index contributed by atoms with van der Waals surface area (Å²) in [5, 5.41) is 17.0. The average molecular weight is 349 g/mol. The van der Waals surface area contributed by atoms with Crippen LogP contribution >= 0.6 is 0 Å². The Morgan fingerprint density at radius 2 is 2.12 bits per heavy atom. The van der Waals surface area contributed by atoms with E-state index in [1.807, 2.05) is 6.08 Å². The summed E-state index contributed by atoms with van der Waals surface area (Å²) in [6.07, 6.45) is 6.29. The SMILES string of the molecule is CCOC(=O)CC/C=C(/CO)C(=O)C1=CCCCC(C(=O)C(C)=N)C1. The molecule has 6 heteroatoms. The van der Waals surface area contributed by atoms with E-state index in [4.69, 9.17) is 10.1 Å². The molecular formula is C19H27NO5. The Kier molecular flexibility index (Phi) is 8.99. The second-order valence-electron chi connectivity index (χ2n) is 6.11. The first-order valence-electron chi connectivity index (χ1n) is 8.69. The molecule has 0 radical (unpaired) electrons. The minimum absolute atomic E-state index is 0.00561. The average Bonchev–Trinajstić information content (AvgIpc) is 2.83. The molecule has 0 saturated carbocycles. The maximum absolute atomic E-state index is 12.6. The number of aliphatic hydroxyl groups is 1. The molecule has 0 spiro atoms. The third-order valence-corrected chi connectivity index (χ3v) is 4.15. The van der Waals surface area contributed by atoms with Gasteiger partial charge < -0.3 is 15.3 Å². The highest BCUT2D eigenvalue weighted by Gasteiger charge is 2.26. The van der Waals surface area contributed by atoms with E-state index in [1.165, 1.54) is 6.92 Å². The monoisotopic (exact) mass is 349 g/mol. The van der Waals surface area contributed by atoms with Gasteiger partial charge in [-0.05, 0) is 51.5 Å². The van der Waals surface area contributed by atoms with Crippen LogP contribution in [0.25, 0.3) is 0 Å². The quantitative estimate of drug-likeness (QED) is 0.378. The second-order valence-corrected chi connectivity index (χ2v) is 6.11. The largest absolute Gasteiger partial charge is 0.466 e. The highest BCUT2D eigenvalue weighted by Crippen LogP contribution is 2.26. The van der Waals surface area contributed by atoms with E-state index < -0.39 is 6.61 Å². The number of esters is 1. The van der Waals surface area contributed by atoms with Crippen molar-refractivity contribution in [1.82, 2.24) is 0 Å². The predicted octanol–water partition coefficient (Wildman–Crippen LogP) is 2.54. The number of aliphatic hydroxyl groups excluding tert-OH is 1. The van der Waals surface area contributed by atoms with Gasteiger partial charge in [0.15, 0.2) is 11.6 Å². The lowest BCUT2D eigenvalue weighted by Crippen LogP contribution is -2.23. The molecule has 0 heterocycles. The summed E-state index contributed by atoms with van der Waals surface area (Å²) >= 11 is 0. The van der Waals surface area contributed by atoms with E-state index in [2.05, 4.69) is 0 Å². The Hall–Kier alpha value is -2.08. The molecule has 1 unspecified atom stereocenters. The van der Waals surface area contributed by atoms with Crippen molar-refractivity contribution in [3.05, 3.63) is 23.3 Å². The molecule has 138 valence electrons. The van der Waals surface area contributed by atoms with Crippen molar-refractivity contribution in [2.24, 2.45) is 5.92 Å². The predicted molar refractivity (Wildman–Crippen MR) is 94.5 cm³/mol. The molecule has 0 amide bonds. The molecule has 1 aliphatic carbocycles. The van der Waals surface area contributed by atoms with Crippen molar-refractivity contribution in [3.63, 3.8) is 0 Å². The normalized spacial score (nSPS) is 18.1. The van der Waals surface area contributed by atoms with Crippen molar-refractivity contribution in [3.8, 4) is 0 Å². The van der Waals surface area contributed by atoms with Crippen LogP contribution in [0.5, 0.6) is 0 Å². The van der Waals surface area contributed by atoms with Crippen LogP contribution in [0.3, 0.4) is 0 Å². The number of carbonyl (C=O) groups is 3. The summed E-state index contributed by atoms with van der Waals surface area (Å²) in [5.41, 5.74) is 0.745. The Morgan fingerprint density at radius 3 is 2.72 bits per heavy atom. The van der Waals surface area contributed by atoms with Crippen LogP contribution in [-0.2, 0) is 19.1 Å². The van der Waals surface area contributed by atoms with Crippen LogP contribution in [0, 0.1) is 11.3 Å². The van der Waals surface area contributed by atoms with Gasteiger partial charge in [-0.2, -0.15) is 0 Å². The van der Waals surface area contributed by atoms with Crippen molar-refractivity contribution in [1.29, 1.82) is 5.41 Å². The van der Waals surface area contributed by atoms with E-state index in [0.717, 1.165) is 6.42 Å². The van der Waals surface area contributed by atoms with E-state index in [1.54, 1.807) is 13.0 Å². The molecule has 0 fully saturated rings. The molecule has 25 heavy (non-hydrogen) atoms. The summed E-state index contributed by atoms with van der Waals surface area (Å²) in [6.45, 7) is 3.08. The fourth-order valence-electron chi connectivity index (χ4n) is 2.84. The lowest BCUT2D eigenvalue weighted by molar-refractivity contribution is -0.143. The topological polar surface area (TPSA) is 105 Å². The Bertz CT molecular complexity index is 589. The van der Waals surface area contributed by atoms with Crippen LogP contribution in [-0.4, -0.2) is 41.6 Å². The first-order valence-corrected chi connectivity index (χ1v) is 8.69. The summed E-state index contributed by atoms with van der Waals surface area (Å²) in [4.78, 5) is 36.1. The summed E-state index contributed by atoms with van der Waals surface area (Å²) in [7, 11) is 0. The van der Waals surface area contributed by atoms with E-state index >= 15 is 0 Å². The molecule has 1 rings (SSSR count). The van der Waals surface area contributed by atoms with Gasteiger partial charge in [0.05, 0.1) is 18.9 Å². The molecule has 0 bridgehead atoms. The summed E-state index contributed by atoms with van der Waals surface area (Å²) < 4.78 is 4.83. The number of rotatable bonds is 9. The molecule has 0 saturated heterocycles. The number of hydrogen-bond donors (Lipinski definition) is 2. The lowest BCUT2D eigenvalue weighted by Gasteiger charge is -2.14. The lowest BCUT2D eigenvalue weighted by atomic mass is 9.88. The van der Waals surface area contributed by atoms with Gasteiger partial charge in [-0.3, -0.25) is 14.4 Å². The van der Waals surface area contributed by atoms with Crippen LogP contribution in [0.4, 0.5) is 0 Å². The second kappa shape index (κ2) is 10.7. The molecule has 1 atom stereocenters. The smallest absolute Gasteiger partial charge is 0.306 e. The number of hydrogen-bond acceptors (Lipinski definition) is 6. The molecule has 0 aromatic carbocycles. The number of ketones is 2. The van der Waals surface area contributed by atoms with Gasteiger partial charge in [0.1, 0.15) is 0 Å². The van der Waals surface area contributed by atoms with Crippen LogP contribution < -0.4 is 0 Å². The fourth-order valence-corrected chi connectivity index (χ4v) is 2.84. The van der Waals surface area contributed by atoms with Gasteiger partial charge in [0.25, 0.3) is 0 Å². The van der Waals surface area contributed by atoms with Gasteiger partial charge in [0, 0.05) is 17.9 Å². The Balaban J connectivity index is 2.79. The molecule has 1 aliphatic rings. The zero-order valence-corrected chi connectivity index (χ0v) is 15.0. The van der Waals surface area contributed by atoms with Gasteiger partial charge in [-0.1, -0.05) is 12.2 Å². The van der Waals surface area contributed by atoms with Gasteiger partial charge >= 0.3 is 5.97 Å². The highest BCUT2D eigenvalue weighted by molar-refractivity contribution is 6.38. The number of Topliss-reactive ketones (excluding diaryl/α,β-unsaturated/α-hetero) is 2. The van der Waals surface area contributed by atoms with Crippen molar-refractivity contribution < 1.29 is 24.2 Å². The standard InChI is InChI=1S/C19H27NO5/c1-3-25-17(22)10-6-9-16(12-21)19(24)15-8-5-4-7-14(11-15)18(23)13(2)20/h8-9,14,20-21H,3-7,10-12H2,1-2H3/b16-9-,20-13?. The van der Waals surface area contributed by atoms with E-state index in [9.17, 15) is 19.5 Å². The van der Waals surface area contributed by atoms with Crippen molar-refractivity contribution in [2.75, 3.05) is 13.2 Å². The number of carbonyl (C=O) groups excluding carboxylic acids is 3. The third kappa shape index (κ3) is 6.74. The van der Waals surface area contributed by atoms with Gasteiger partial charge in [-0.15, -0.1) is 0 Å². The first-order chi connectivity index (χ1) is 11.9. The van der Waals surface area contributed by atoms with Gasteiger partial charge in [0.2, 0.25) is 0 Å². The number of ether oxygens (including phenoxy) is 1. The Morgan fingerprint density at radius 1 is 1.40 bits per heavy atom. The molecule has 0 aromatic rings. The van der Waals surface area contributed by atoms with Crippen LogP contribution in [0.1, 0.15) is 52.4 Å². The highest BCUT2D eigenvalue weighted by atomic mass is 16.5. The third-order valence-electron chi connectivity index (χ3n) is 4.15. The molecule has 0 aliphatic heterocycles. The molecule has 0 aromatic heterocycles. The molecular weight excluding hydrogens is 322 g/mol. The van der Waals surface area contributed by atoms with Crippen LogP contribution in [0.15, 0.2) is 23.3 Å². The summed E-state index contributed by atoms with van der Waals surface area (Å²) in [6, 6.07) is 0. The minimum Gasteiger partial charge on any atom is -0.466 e.